The van der Waals surface area contributed by atoms with Gasteiger partial charge in [0.25, 0.3) is 0 Å². The molecule has 0 spiro atoms. The lowest BCUT2D eigenvalue weighted by Crippen LogP contribution is -2.46. The molecule has 0 unspecified atom stereocenters. The molecule has 1 aliphatic rings. The van der Waals surface area contributed by atoms with E-state index in [0.717, 1.165) is 11.1 Å². The molecule has 0 bridgehead atoms. The quantitative estimate of drug-likeness (QED) is 0.590. The Kier molecular flexibility index (Phi) is 1.99. The average Bonchev–Trinajstić information content (AvgIpc) is 2.60. The number of imide groups is 1. The number of hydrogen-bond acceptors (Lipinski definition) is 5. The summed E-state index contributed by atoms with van der Waals surface area (Å²) in [5, 5.41) is 10.4. The molecule has 2 rings (SSSR count). The third-order valence-corrected chi connectivity index (χ3v) is 2.00. The van der Waals surface area contributed by atoms with E-state index in [1.807, 2.05) is 6.92 Å². The monoisotopic (exact) mass is 195 g/mol. The van der Waals surface area contributed by atoms with Crippen molar-refractivity contribution >= 4 is 11.9 Å². The van der Waals surface area contributed by atoms with Crippen LogP contribution in [0.1, 0.15) is 19.2 Å². The minimum Gasteiger partial charge on any atom is -0.274 e. The van der Waals surface area contributed by atoms with Gasteiger partial charge in [0, 0.05) is 6.54 Å². The van der Waals surface area contributed by atoms with Crippen molar-refractivity contribution < 1.29 is 9.59 Å². The van der Waals surface area contributed by atoms with Crippen LogP contribution in [0.4, 0.5) is 4.79 Å². The molecular weight excluding hydrogens is 186 g/mol. The van der Waals surface area contributed by atoms with E-state index in [1.54, 1.807) is 0 Å². The summed E-state index contributed by atoms with van der Waals surface area (Å²) in [6.45, 7) is 2.31. The molecule has 0 saturated carbocycles. The van der Waals surface area contributed by atoms with Gasteiger partial charge in [0.05, 0.1) is 6.42 Å². The molecule has 0 saturated heterocycles. The zero-order valence-corrected chi connectivity index (χ0v) is 7.67. The molecule has 14 heavy (non-hydrogen) atoms. The SMILES string of the molecule is CCCN1C(=O)Cc2nnnn2C1=O. The highest BCUT2D eigenvalue weighted by molar-refractivity contribution is 5.98. The first kappa shape index (κ1) is 8.79. The lowest BCUT2D eigenvalue weighted by Gasteiger charge is -2.23. The van der Waals surface area contributed by atoms with E-state index in [0.29, 0.717) is 12.4 Å². The molecular formula is C7H9N5O2. The molecule has 1 aromatic heterocycles. The predicted octanol–water partition coefficient (Wildman–Crippen LogP) is -0.564. The van der Waals surface area contributed by atoms with Crippen LogP contribution >= 0.6 is 0 Å². The van der Waals surface area contributed by atoms with Crippen molar-refractivity contribution in [2.75, 3.05) is 6.54 Å². The summed E-state index contributed by atoms with van der Waals surface area (Å²) in [6, 6.07) is -0.455. The van der Waals surface area contributed by atoms with Crippen LogP contribution < -0.4 is 0 Å². The summed E-state index contributed by atoms with van der Waals surface area (Å²) < 4.78 is 1.07. The van der Waals surface area contributed by atoms with Gasteiger partial charge in [0.1, 0.15) is 0 Å². The van der Waals surface area contributed by atoms with Crippen LogP contribution in [-0.2, 0) is 11.2 Å². The number of nitrogens with zero attached hydrogens (tertiary/aromatic N) is 5. The van der Waals surface area contributed by atoms with Crippen molar-refractivity contribution in [1.29, 1.82) is 0 Å². The van der Waals surface area contributed by atoms with E-state index >= 15 is 0 Å². The number of carbonyl (C=O) groups is 2. The van der Waals surface area contributed by atoms with Crippen LogP contribution in [0.5, 0.6) is 0 Å². The van der Waals surface area contributed by atoms with Gasteiger partial charge in [-0.05, 0) is 16.8 Å². The first-order valence-electron chi connectivity index (χ1n) is 4.36. The van der Waals surface area contributed by atoms with E-state index in [9.17, 15) is 9.59 Å². The third-order valence-electron chi connectivity index (χ3n) is 2.00. The van der Waals surface area contributed by atoms with Gasteiger partial charge in [0.15, 0.2) is 5.82 Å². The Balaban J connectivity index is 2.34. The summed E-state index contributed by atoms with van der Waals surface area (Å²) in [4.78, 5) is 24.2. The molecule has 0 fully saturated rings. The largest absolute Gasteiger partial charge is 0.354 e. The van der Waals surface area contributed by atoms with Gasteiger partial charge >= 0.3 is 6.03 Å². The molecule has 0 aliphatic carbocycles. The molecule has 1 aromatic rings. The van der Waals surface area contributed by atoms with E-state index in [4.69, 9.17) is 0 Å². The van der Waals surface area contributed by atoms with E-state index in [2.05, 4.69) is 15.5 Å². The number of fused-ring (bicyclic) bond motifs is 1. The van der Waals surface area contributed by atoms with E-state index in [-0.39, 0.29) is 12.3 Å². The van der Waals surface area contributed by atoms with Gasteiger partial charge in [0.2, 0.25) is 5.91 Å². The fourth-order valence-corrected chi connectivity index (χ4v) is 1.36. The molecule has 2 heterocycles. The zero-order chi connectivity index (χ0) is 10.1. The number of aromatic nitrogens is 4. The van der Waals surface area contributed by atoms with Crippen LogP contribution in [-0.4, -0.2) is 43.6 Å². The topological polar surface area (TPSA) is 81.0 Å². The maximum Gasteiger partial charge on any atom is 0.354 e. The highest BCUT2D eigenvalue weighted by Crippen LogP contribution is 2.09. The van der Waals surface area contributed by atoms with Crippen molar-refractivity contribution in [2.24, 2.45) is 0 Å². The smallest absolute Gasteiger partial charge is 0.274 e. The normalized spacial score (nSPS) is 15.9. The van der Waals surface area contributed by atoms with Gasteiger partial charge in [-0.3, -0.25) is 9.69 Å². The Morgan fingerprint density at radius 3 is 2.93 bits per heavy atom. The maximum absolute atomic E-state index is 11.6. The molecule has 7 heteroatoms. The lowest BCUT2D eigenvalue weighted by atomic mass is 10.3. The van der Waals surface area contributed by atoms with Gasteiger partial charge < -0.3 is 0 Å². The predicted molar refractivity (Wildman–Crippen MR) is 44.3 cm³/mol. The standard InChI is InChI=1S/C7H9N5O2/c1-2-3-11-6(13)4-5-8-9-10-12(5)7(11)14/h2-4H2,1H3. The van der Waals surface area contributed by atoms with E-state index < -0.39 is 6.03 Å². The molecule has 2 amide bonds. The fraction of sp³-hybridized carbons (Fsp3) is 0.571. The zero-order valence-electron chi connectivity index (χ0n) is 7.67. The minimum absolute atomic E-state index is 0.0960. The highest BCUT2D eigenvalue weighted by Gasteiger charge is 2.32. The summed E-state index contributed by atoms with van der Waals surface area (Å²) in [5.41, 5.74) is 0. The van der Waals surface area contributed by atoms with Crippen LogP contribution in [0.3, 0.4) is 0 Å². The molecule has 0 N–H and O–H groups in total. The second-order valence-electron chi connectivity index (χ2n) is 3.01. The Bertz CT molecular complexity index is 385. The molecule has 1 aliphatic heterocycles. The van der Waals surface area contributed by atoms with Crippen molar-refractivity contribution in [2.45, 2.75) is 19.8 Å². The first-order chi connectivity index (χ1) is 6.74. The molecule has 0 atom stereocenters. The van der Waals surface area contributed by atoms with Gasteiger partial charge in [-0.15, -0.1) is 9.78 Å². The number of amides is 2. The number of tetrazole rings is 1. The Morgan fingerprint density at radius 1 is 1.43 bits per heavy atom. The number of carbonyl (C=O) groups excluding carboxylic acids is 2. The number of rotatable bonds is 2. The van der Waals surface area contributed by atoms with Gasteiger partial charge in [-0.25, -0.2) is 4.79 Å². The van der Waals surface area contributed by atoms with E-state index in [1.165, 1.54) is 4.90 Å². The van der Waals surface area contributed by atoms with Crippen LogP contribution in [0.2, 0.25) is 0 Å². The third kappa shape index (κ3) is 1.17. The Labute approximate surface area is 79.7 Å². The van der Waals surface area contributed by atoms with Crippen LogP contribution in [0.15, 0.2) is 0 Å². The summed E-state index contributed by atoms with van der Waals surface area (Å²) in [5.74, 6) is 0.0755. The second-order valence-corrected chi connectivity index (χ2v) is 3.01. The summed E-state index contributed by atoms with van der Waals surface area (Å²) >= 11 is 0. The summed E-state index contributed by atoms with van der Waals surface area (Å²) in [7, 11) is 0. The van der Waals surface area contributed by atoms with Gasteiger partial charge in [-0.1, -0.05) is 6.92 Å². The van der Waals surface area contributed by atoms with Crippen molar-refractivity contribution in [1.82, 2.24) is 25.1 Å². The molecule has 74 valence electrons. The Hall–Kier alpha value is -1.79. The first-order valence-corrected chi connectivity index (χ1v) is 4.36. The van der Waals surface area contributed by atoms with Crippen molar-refractivity contribution in [3.8, 4) is 0 Å². The van der Waals surface area contributed by atoms with Gasteiger partial charge in [-0.2, -0.15) is 0 Å². The minimum atomic E-state index is -0.455. The highest BCUT2D eigenvalue weighted by atomic mass is 16.2. The second kappa shape index (κ2) is 3.17. The number of hydrogen-bond donors (Lipinski definition) is 0. The van der Waals surface area contributed by atoms with Crippen LogP contribution in [0.25, 0.3) is 0 Å². The maximum atomic E-state index is 11.6. The molecule has 7 nitrogen and oxygen atoms in total. The lowest BCUT2D eigenvalue weighted by molar-refractivity contribution is -0.128. The summed E-state index contributed by atoms with van der Waals surface area (Å²) in [6.07, 6.45) is 0.827. The van der Waals surface area contributed by atoms with Crippen molar-refractivity contribution in [3.05, 3.63) is 5.82 Å². The molecule has 0 aromatic carbocycles. The average molecular weight is 195 g/mol. The van der Waals surface area contributed by atoms with Crippen molar-refractivity contribution in [3.63, 3.8) is 0 Å². The Morgan fingerprint density at radius 2 is 2.21 bits per heavy atom. The van der Waals surface area contributed by atoms with Crippen LogP contribution in [0, 0.1) is 0 Å². The molecule has 0 radical (unpaired) electrons. The fourth-order valence-electron chi connectivity index (χ4n) is 1.36.